The van der Waals surface area contributed by atoms with E-state index < -0.39 is 0 Å². The van der Waals surface area contributed by atoms with Gasteiger partial charge in [0.25, 0.3) is 0 Å². The van der Waals surface area contributed by atoms with Crippen LogP contribution < -0.4 is 5.32 Å². The molecule has 0 amide bonds. The van der Waals surface area contributed by atoms with Crippen LogP contribution in [-0.4, -0.2) is 21.3 Å². The fraction of sp³-hybridized carbons (Fsp3) is 0.800. The highest BCUT2D eigenvalue weighted by atomic mass is 15.3. The van der Waals surface area contributed by atoms with Crippen molar-refractivity contribution < 1.29 is 0 Å². The molecule has 1 atom stereocenters. The van der Waals surface area contributed by atoms with Gasteiger partial charge in [0.05, 0.1) is 6.54 Å². The molecule has 1 heterocycles. The Labute approximate surface area is 84.7 Å². The molecule has 0 saturated heterocycles. The van der Waals surface area contributed by atoms with Gasteiger partial charge < -0.3 is 9.88 Å². The van der Waals surface area contributed by atoms with Crippen LogP contribution in [-0.2, 0) is 13.6 Å². The smallest absolute Gasteiger partial charge is 0.146 e. The van der Waals surface area contributed by atoms with Crippen molar-refractivity contribution >= 4 is 0 Å². The molecule has 78 valence electrons. The molecule has 14 heavy (non-hydrogen) atoms. The highest BCUT2D eigenvalue weighted by Gasteiger charge is 2.44. The number of aryl methyl sites for hydroxylation is 1. The monoisotopic (exact) mass is 194 g/mol. The normalized spacial score (nSPS) is 23.8. The van der Waals surface area contributed by atoms with Gasteiger partial charge in [-0.2, -0.15) is 0 Å². The van der Waals surface area contributed by atoms with Crippen LogP contribution >= 0.6 is 0 Å². The summed E-state index contributed by atoms with van der Waals surface area (Å²) in [6.45, 7) is 6.56. The lowest BCUT2D eigenvalue weighted by molar-refractivity contribution is 0.511. The molecule has 2 rings (SSSR count). The molecular formula is C10H18N4. The Morgan fingerprint density at radius 1 is 1.64 bits per heavy atom. The van der Waals surface area contributed by atoms with Gasteiger partial charge in [-0.05, 0) is 24.3 Å². The zero-order chi connectivity index (χ0) is 10.2. The molecular weight excluding hydrogens is 176 g/mol. The molecule has 1 aliphatic carbocycles. The van der Waals surface area contributed by atoms with Gasteiger partial charge in [0, 0.05) is 7.05 Å². The van der Waals surface area contributed by atoms with E-state index in [-0.39, 0.29) is 0 Å². The predicted octanol–water partition coefficient (Wildman–Crippen LogP) is 0.951. The summed E-state index contributed by atoms with van der Waals surface area (Å²) < 4.78 is 1.95. The van der Waals surface area contributed by atoms with E-state index in [1.807, 2.05) is 11.6 Å². The first kappa shape index (κ1) is 9.65. The van der Waals surface area contributed by atoms with E-state index in [0.29, 0.717) is 5.41 Å². The summed E-state index contributed by atoms with van der Waals surface area (Å²) in [5, 5.41) is 11.3. The van der Waals surface area contributed by atoms with E-state index >= 15 is 0 Å². The maximum Gasteiger partial charge on any atom is 0.146 e. The fourth-order valence-electron chi connectivity index (χ4n) is 1.75. The van der Waals surface area contributed by atoms with Crippen LogP contribution in [0.4, 0.5) is 0 Å². The Kier molecular flexibility index (Phi) is 2.31. The zero-order valence-electron chi connectivity index (χ0n) is 9.12. The van der Waals surface area contributed by atoms with Crippen molar-refractivity contribution in [3.05, 3.63) is 12.2 Å². The van der Waals surface area contributed by atoms with Gasteiger partial charge in [0.1, 0.15) is 12.2 Å². The first-order valence-electron chi connectivity index (χ1n) is 5.13. The summed E-state index contributed by atoms with van der Waals surface area (Å²) >= 11 is 0. The summed E-state index contributed by atoms with van der Waals surface area (Å²) in [6, 6.07) is 0. The van der Waals surface area contributed by atoms with E-state index in [9.17, 15) is 0 Å². The largest absolute Gasteiger partial charge is 0.320 e. The van der Waals surface area contributed by atoms with E-state index in [0.717, 1.165) is 24.8 Å². The van der Waals surface area contributed by atoms with E-state index in [4.69, 9.17) is 0 Å². The predicted molar refractivity (Wildman–Crippen MR) is 54.6 cm³/mol. The lowest BCUT2D eigenvalue weighted by atomic mass is 10.1. The SMILES string of the molecule is Cn1cnnc1CNCC1CC1(C)C. The van der Waals surface area contributed by atoms with Gasteiger partial charge in [0.2, 0.25) is 0 Å². The van der Waals surface area contributed by atoms with Crippen LogP contribution in [0.15, 0.2) is 6.33 Å². The Hall–Kier alpha value is -0.900. The Morgan fingerprint density at radius 3 is 2.86 bits per heavy atom. The van der Waals surface area contributed by atoms with E-state index in [1.54, 1.807) is 6.33 Å². The third-order valence-electron chi connectivity index (χ3n) is 3.20. The number of hydrogen-bond acceptors (Lipinski definition) is 3. The molecule has 4 heteroatoms. The second-order valence-electron chi connectivity index (χ2n) is 4.88. The topological polar surface area (TPSA) is 42.7 Å². The minimum Gasteiger partial charge on any atom is -0.320 e. The number of nitrogens with one attached hydrogen (secondary N) is 1. The molecule has 0 aromatic carbocycles. The van der Waals surface area contributed by atoms with Crippen molar-refractivity contribution in [2.24, 2.45) is 18.4 Å². The maximum absolute atomic E-state index is 4.02. The number of hydrogen-bond donors (Lipinski definition) is 1. The molecule has 0 aliphatic heterocycles. The molecule has 1 N–H and O–H groups in total. The van der Waals surface area contributed by atoms with E-state index in [2.05, 4.69) is 29.4 Å². The van der Waals surface area contributed by atoms with Gasteiger partial charge in [-0.15, -0.1) is 10.2 Å². The quantitative estimate of drug-likeness (QED) is 0.776. The minimum atomic E-state index is 0.562. The summed E-state index contributed by atoms with van der Waals surface area (Å²) in [7, 11) is 1.97. The summed E-state index contributed by atoms with van der Waals surface area (Å²) in [6.07, 6.45) is 3.08. The molecule has 1 aromatic heterocycles. The molecule has 4 nitrogen and oxygen atoms in total. The van der Waals surface area contributed by atoms with Gasteiger partial charge in [0.15, 0.2) is 0 Å². The second-order valence-corrected chi connectivity index (χ2v) is 4.88. The summed E-state index contributed by atoms with van der Waals surface area (Å²) in [5.74, 6) is 1.85. The van der Waals surface area contributed by atoms with Gasteiger partial charge in [-0.3, -0.25) is 0 Å². The van der Waals surface area contributed by atoms with Crippen LogP contribution in [0.2, 0.25) is 0 Å². The molecule has 1 saturated carbocycles. The molecule has 1 aromatic rings. The van der Waals surface area contributed by atoms with Gasteiger partial charge in [-0.25, -0.2) is 0 Å². The van der Waals surface area contributed by atoms with E-state index in [1.165, 1.54) is 6.42 Å². The average molecular weight is 194 g/mol. The molecule has 1 fully saturated rings. The molecule has 0 bridgehead atoms. The standard InChI is InChI=1S/C10H18N4/c1-10(2)4-8(10)5-11-6-9-13-12-7-14(9)3/h7-8,11H,4-6H2,1-3H3. The number of rotatable bonds is 4. The van der Waals surface area contributed by atoms with Crippen molar-refractivity contribution in [1.82, 2.24) is 20.1 Å². The van der Waals surface area contributed by atoms with Crippen molar-refractivity contribution in [2.45, 2.75) is 26.8 Å². The van der Waals surface area contributed by atoms with Crippen molar-refractivity contribution in [3.8, 4) is 0 Å². The molecule has 1 unspecified atom stereocenters. The lowest BCUT2D eigenvalue weighted by Crippen LogP contribution is -2.20. The Bertz CT molecular complexity index is 316. The average Bonchev–Trinajstić information content (AvgIpc) is 2.53. The number of aromatic nitrogens is 3. The van der Waals surface area contributed by atoms with Crippen molar-refractivity contribution in [3.63, 3.8) is 0 Å². The first-order chi connectivity index (χ1) is 6.59. The van der Waals surface area contributed by atoms with Crippen LogP contribution in [0.3, 0.4) is 0 Å². The summed E-state index contributed by atoms with van der Waals surface area (Å²) in [5.41, 5.74) is 0.562. The van der Waals surface area contributed by atoms with Crippen molar-refractivity contribution in [1.29, 1.82) is 0 Å². The summed E-state index contributed by atoms with van der Waals surface area (Å²) in [4.78, 5) is 0. The Morgan fingerprint density at radius 2 is 2.36 bits per heavy atom. The van der Waals surface area contributed by atoms with Gasteiger partial charge >= 0.3 is 0 Å². The first-order valence-corrected chi connectivity index (χ1v) is 5.13. The molecule has 0 radical (unpaired) electrons. The van der Waals surface area contributed by atoms with Crippen LogP contribution in [0.25, 0.3) is 0 Å². The third kappa shape index (κ3) is 1.95. The van der Waals surface area contributed by atoms with Crippen molar-refractivity contribution in [2.75, 3.05) is 6.54 Å². The zero-order valence-corrected chi connectivity index (χ0v) is 9.12. The minimum absolute atomic E-state index is 0.562. The lowest BCUT2D eigenvalue weighted by Gasteiger charge is -2.05. The highest BCUT2D eigenvalue weighted by Crippen LogP contribution is 2.50. The molecule has 1 aliphatic rings. The fourth-order valence-corrected chi connectivity index (χ4v) is 1.75. The van der Waals surface area contributed by atoms with Gasteiger partial charge in [-0.1, -0.05) is 13.8 Å². The third-order valence-corrected chi connectivity index (χ3v) is 3.20. The Balaban J connectivity index is 1.72. The van der Waals surface area contributed by atoms with Crippen LogP contribution in [0, 0.1) is 11.3 Å². The maximum atomic E-state index is 4.02. The molecule has 0 spiro atoms. The van der Waals surface area contributed by atoms with Crippen LogP contribution in [0.5, 0.6) is 0 Å². The van der Waals surface area contributed by atoms with Crippen LogP contribution in [0.1, 0.15) is 26.1 Å². The second kappa shape index (κ2) is 3.35. The number of nitrogens with zero attached hydrogens (tertiary/aromatic N) is 3. The highest BCUT2D eigenvalue weighted by molar-refractivity contribution is 4.96.